The molecule has 4 heteroatoms. The van der Waals surface area contributed by atoms with Gasteiger partial charge in [-0.1, -0.05) is 15.9 Å². The van der Waals surface area contributed by atoms with Crippen molar-refractivity contribution in [2.24, 2.45) is 0 Å². The van der Waals surface area contributed by atoms with Gasteiger partial charge in [-0.15, -0.1) is 0 Å². The first kappa shape index (κ1) is 7.61. The number of fused-ring (bicyclic) bond motifs is 1. The van der Waals surface area contributed by atoms with Crippen LogP contribution >= 0.6 is 15.9 Å². The molecular weight excluding hydrogens is 220 g/mol. The zero-order chi connectivity index (χ0) is 8.55. The van der Waals surface area contributed by atoms with Gasteiger partial charge in [0.25, 0.3) is 0 Å². The molecule has 0 amide bonds. The summed E-state index contributed by atoms with van der Waals surface area (Å²) in [7, 11) is 1.64. The number of imidazole rings is 1. The summed E-state index contributed by atoms with van der Waals surface area (Å²) in [5, 5.41) is 0. The Morgan fingerprint density at radius 3 is 3.08 bits per heavy atom. The first-order valence-corrected chi connectivity index (χ1v) is 4.26. The number of aromatic nitrogens is 2. The molecule has 0 aromatic carbocycles. The van der Waals surface area contributed by atoms with Crippen molar-refractivity contribution in [3.8, 4) is 5.88 Å². The highest BCUT2D eigenvalue weighted by Crippen LogP contribution is 2.21. The van der Waals surface area contributed by atoms with Gasteiger partial charge >= 0.3 is 0 Å². The van der Waals surface area contributed by atoms with E-state index in [0.717, 1.165) is 15.9 Å². The lowest BCUT2D eigenvalue weighted by atomic mass is 10.4. The topological polar surface area (TPSA) is 26.5 Å². The van der Waals surface area contributed by atoms with Crippen LogP contribution in [0.25, 0.3) is 5.52 Å². The molecule has 3 nitrogen and oxygen atoms in total. The van der Waals surface area contributed by atoms with E-state index in [0.29, 0.717) is 0 Å². The Balaban J connectivity index is 2.80. The number of nitrogens with zero attached hydrogens (tertiary/aromatic N) is 2. The van der Waals surface area contributed by atoms with Gasteiger partial charge in [0, 0.05) is 10.5 Å². The summed E-state index contributed by atoms with van der Waals surface area (Å²) in [5.41, 5.74) is 1.02. The van der Waals surface area contributed by atoms with Crippen LogP contribution in [0.4, 0.5) is 0 Å². The van der Waals surface area contributed by atoms with Gasteiger partial charge in [0.05, 0.1) is 18.8 Å². The van der Waals surface area contributed by atoms with Gasteiger partial charge in [0.15, 0.2) is 5.88 Å². The van der Waals surface area contributed by atoms with Crippen LogP contribution in [0.5, 0.6) is 5.88 Å². The van der Waals surface area contributed by atoms with Crippen molar-refractivity contribution in [2.75, 3.05) is 7.11 Å². The largest absolute Gasteiger partial charge is 0.482 e. The molecule has 0 bridgehead atoms. The molecule has 0 radical (unpaired) electrons. The molecule has 2 aromatic rings. The van der Waals surface area contributed by atoms with Crippen molar-refractivity contribution >= 4 is 21.4 Å². The predicted octanol–water partition coefficient (Wildman–Crippen LogP) is 2.11. The second-order valence-corrected chi connectivity index (χ2v) is 3.32. The van der Waals surface area contributed by atoms with E-state index >= 15 is 0 Å². The fraction of sp³-hybridized carbons (Fsp3) is 0.125. The molecule has 0 saturated carbocycles. The van der Waals surface area contributed by atoms with Crippen molar-refractivity contribution in [1.82, 2.24) is 9.38 Å². The lowest BCUT2D eigenvalue weighted by Gasteiger charge is -2.03. The molecule has 0 N–H and O–H groups in total. The Labute approximate surface area is 78.1 Å². The van der Waals surface area contributed by atoms with Gasteiger partial charge in [0.1, 0.15) is 6.33 Å². The molecule has 0 unspecified atom stereocenters. The summed E-state index contributed by atoms with van der Waals surface area (Å²) in [6.45, 7) is 0. The number of rotatable bonds is 1. The maximum atomic E-state index is 5.16. The van der Waals surface area contributed by atoms with Crippen molar-refractivity contribution in [1.29, 1.82) is 0 Å². The molecule has 0 atom stereocenters. The van der Waals surface area contributed by atoms with Crippen LogP contribution in [0.2, 0.25) is 0 Å². The maximum Gasteiger partial charge on any atom is 0.200 e. The Morgan fingerprint density at radius 2 is 2.33 bits per heavy atom. The lowest BCUT2D eigenvalue weighted by molar-refractivity contribution is 0.392. The highest BCUT2D eigenvalue weighted by molar-refractivity contribution is 9.10. The van der Waals surface area contributed by atoms with Gasteiger partial charge in [-0.2, -0.15) is 0 Å². The van der Waals surface area contributed by atoms with E-state index in [1.807, 2.05) is 16.5 Å². The second kappa shape index (κ2) is 2.79. The Morgan fingerprint density at radius 1 is 1.50 bits per heavy atom. The third kappa shape index (κ3) is 1.08. The van der Waals surface area contributed by atoms with Gasteiger partial charge in [-0.3, -0.25) is 4.40 Å². The van der Waals surface area contributed by atoms with E-state index in [4.69, 9.17) is 4.74 Å². The third-order valence-corrected chi connectivity index (χ3v) is 2.12. The summed E-state index contributed by atoms with van der Waals surface area (Å²) in [6.07, 6.45) is 3.51. The Bertz CT molecular complexity index is 410. The third-order valence-electron chi connectivity index (χ3n) is 1.66. The highest BCUT2D eigenvalue weighted by atomic mass is 79.9. The van der Waals surface area contributed by atoms with E-state index in [9.17, 15) is 0 Å². The second-order valence-electron chi connectivity index (χ2n) is 2.40. The average molecular weight is 227 g/mol. The zero-order valence-corrected chi connectivity index (χ0v) is 8.08. The molecule has 0 aliphatic rings. The molecule has 0 aliphatic carbocycles. The van der Waals surface area contributed by atoms with Gasteiger partial charge in [-0.25, -0.2) is 4.98 Å². The highest BCUT2D eigenvalue weighted by Gasteiger charge is 2.01. The first-order valence-electron chi connectivity index (χ1n) is 3.47. The Kier molecular flexibility index (Phi) is 1.77. The summed E-state index contributed by atoms with van der Waals surface area (Å²) >= 11 is 3.39. The average Bonchev–Trinajstić information content (AvgIpc) is 2.50. The predicted molar refractivity (Wildman–Crippen MR) is 49.4 cm³/mol. The summed E-state index contributed by atoms with van der Waals surface area (Å²) in [6, 6.07) is 3.88. The molecule has 0 fully saturated rings. The van der Waals surface area contributed by atoms with Crippen LogP contribution in [0.15, 0.2) is 29.1 Å². The lowest BCUT2D eigenvalue weighted by Crippen LogP contribution is -1.91. The molecule has 12 heavy (non-hydrogen) atoms. The minimum atomic E-state index is 0.775. The van der Waals surface area contributed by atoms with Gasteiger partial charge in [0.2, 0.25) is 0 Å². The van der Waals surface area contributed by atoms with E-state index < -0.39 is 0 Å². The van der Waals surface area contributed by atoms with E-state index in [1.54, 1.807) is 19.6 Å². The smallest absolute Gasteiger partial charge is 0.200 e. The molecule has 2 aromatic heterocycles. The monoisotopic (exact) mass is 226 g/mol. The number of hydrogen-bond donors (Lipinski definition) is 0. The normalized spacial score (nSPS) is 10.5. The number of ether oxygens (including phenoxy) is 1. The summed E-state index contributed by atoms with van der Waals surface area (Å²) in [4.78, 5) is 4.01. The minimum Gasteiger partial charge on any atom is -0.482 e. The van der Waals surface area contributed by atoms with Crippen LogP contribution in [0.1, 0.15) is 0 Å². The van der Waals surface area contributed by atoms with Crippen molar-refractivity contribution in [2.45, 2.75) is 0 Å². The van der Waals surface area contributed by atoms with E-state index in [2.05, 4.69) is 20.9 Å². The molecular formula is C8H7BrN2O. The molecule has 2 heterocycles. The van der Waals surface area contributed by atoms with E-state index in [-0.39, 0.29) is 0 Å². The molecule has 62 valence electrons. The van der Waals surface area contributed by atoms with E-state index in [1.165, 1.54) is 0 Å². The van der Waals surface area contributed by atoms with Crippen LogP contribution in [0.3, 0.4) is 0 Å². The maximum absolute atomic E-state index is 5.16. The summed E-state index contributed by atoms with van der Waals surface area (Å²) < 4.78 is 8.03. The summed E-state index contributed by atoms with van der Waals surface area (Å²) in [5.74, 6) is 0.775. The number of methoxy groups -OCH3 is 1. The fourth-order valence-electron chi connectivity index (χ4n) is 1.12. The molecule has 0 saturated heterocycles. The van der Waals surface area contributed by atoms with Crippen molar-refractivity contribution < 1.29 is 4.74 Å². The quantitative estimate of drug-likeness (QED) is 0.745. The fourth-order valence-corrected chi connectivity index (χ4v) is 1.55. The van der Waals surface area contributed by atoms with Crippen LogP contribution in [0, 0.1) is 0 Å². The SMILES string of the molecule is COc1cc(Br)cc2cncn12. The molecule has 0 aliphatic heterocycles. The van der Waals surface area contributed by atoms with Crippen LogP contribution in [-0.2, 0) is 0 Å². The van der Waals surface area contributed by atoms with Gasteiger partial charge in [-0.05, 0) is 6.07 Å². The number of halogens is 1. The van der Waals surface area contributed by atoms with Crippen LogP contribution in [-0.4, -0.2) is 16.5 Å². The standard InChI is InChI=1S/C8H7BrN2O/c1-12-8-3-6(9)2-7-4-10-5-11(7)8/h2-5H,1H3. The van der Waals surface area contributed by atoms with Crippen molar-refractivity contribution in [3.63, 3.8) is 0 Å². The van der Waals surface area contributed by atoms with Crippen molar-refractivity contribution in [3.05, 3.63) is 29.1 Å². The number of pyridine rings is 1. The molecule has 2 rings (SSSR count). The van der Waals surface area contributed by atoms with Gasteiger partial charge < -0.3 is 4.74 Å². The number of hydrogen-bond acceptors (Lipinski definition) is 2. The minimum absolute atomic E-state index is 0.775. The molecule has 0 spiro atoms. The zero-order valence-electron chi connectivity index (χ0n) is 6.49. The Hall–Kier alpha value is -1.03. The van der Waals surface area contributed by atoms with Crippen LogP contribution < -0.4 is 4.74 Å². The first-order chi connectivity index (χ1) is 5.81.